The highest BCUT2D eigenvalue weighted by atomic mass is 19.3. The quantitative estimate of drug-likeness (QED) is 0.714. The molecule has 1 aromatic rings. The molecule has 0 spiro atoms. The fourth-order valence-corrected chi connectivity index (χ4v) is 1.29. The van der Waals surface area contributed by atoms with Gasteiger partial charge < -0.3 is 14.5 Å². The minimum Gasteiger partial charge on any atom is -0.468 e. The van der Waals surface area contributed by atoms with E-state index in [4.69, 9.17) is 9.15 Å². The lowest BCUT2D eigenvalue weighted by Crippen LogP contribution is -2.18. The molecule has 1 unspecified atom stereocenters. The Bertz CT molecular complexity index is 252. The third-order valence-corrected chi connectivity index (χ3v) is 2.03. The third-order valence-electron chi connectivity index (χ3n) is 2.03. The molecule has 1 aromatic heterocycles. The van der Waals surface area contributed by atoms with Crippen molar-refractivity contribution < 1.29 is 17.9 Å². The van der Waals surface area contributed by atoms with Gasteiger partial charge in [0.15, 0.2) is 0 Å². The first-order valence-electron chi connectivity index (χ1n) is 4.80. The summed E-state index contributed by atoms with van der Waals surface area (Å²) in [4.78, 5) is 0. The van der Waals surface area contributed by atoms with E-state index in [9.17, 15) is 8.78 Å². The van der Waals surface area contributed by atoms with Gasteiger partial charge in [0, 0.05) is 6.61 Å². The molecule has 3 nitrogen and oxygen atoms in total. The molecule has 0 bridgehead atoms. The summed E-state index contributed by atoms with van der Waals surface area (Å²) in [6, 6.07) is 3.64. The van der Waals surface area contributed by atoms with E-state index in [1.54, 1.807) is 19.4 Å². The molecule has 1 heterocycles. The number of furan rings is 1. The predicted octanol–water partition coefficient (Wildman–Crippen LogP) is 2.21. The molecule has 1 rings (SSSR count). The largest absolute Gasteiger partial charge is 0.468 e. The summed E-state index contributed by atoms with van der Waals surface area (Å²) in [5.74, 6) is 0.790. The van der Waals surface area contributed by atoms with Gasteiger partial charge in [0.2, 0.25) is 0 Å². The van der Waals surface area contributed by atoms with E-state index < -0.39 is 13.0 Å². The zero-order valence-corrected chi connectivity index (χ0v) is 8.58. The molecule has 0 aliphatic rings. The minimum atomic E-state index is -2.40. The van der Waals surface area contributed by atoms with Crippen LogP contribution in [-0.2, 0) is 4.74 Å². The van der Waals surface area contributed by atoms with Crippen LogP contribution in [-0.4, -0.2) is 26.7 Å². The van der Waals surface area contributed by atoms with Gasteiger partial charge >= 0.3 is 0 Å². The second-order valence-electron chi connectivity index (χ2n) is 3.11. The maximum Gasteiger partial charge on any atom is 0.261 e. The average Bonchev–Trinajstić information content (AvgIpc) is 2.70. The second kappa shape index (κ2) is 6.53. The molecule has 0 aliphatic carbocycles. The molecule has 0 saturated heterocycles. The fraction of sp³-hybridized carbons (Fsp3) is 0.600. The maximum atomic E-state index is 11.8. The normalized spacial score (nSPS) is 13.3. The predicted molar refractivity (Wildman–Crippen MR) is 51.9 cm³/mol. The van der Waals surface area contributed by atoms with Crippen molar-refractivity contribution in [2.75, 3.05) is 20.3 Å². The molecule has 0 saturated carbocycles. The molecule has 0 aromatic carbocycles. The van der Waals surface area contributed by atoms with Crippen LogP contribution in [0.1, 0.15) is 18.2 Å². The molecule has 0 amide bonds. The topological polar surface area (TPSA) is 34.4 Å². The number of halogens is 2. The van der Waals surface area contributed by atoms with Gasteiger partial charge in [0.25, 0.3) is 6.43 Å². The molecule has 0 aliphatic heterocycles. The molecule has 1 N–H and O–H groups in total. The van der Waals surface area contributed by atoms with Crippen LogP contribution in [0.3, 0.4) is 0 Å². The Balaban J connectivity index is 2.23. The Kier molecular flexibility index (Phi) is 5.28. The van der Waals surface area contributed by atoms with E-state index in [0.29, 0.717) is 6.42 Å². The minimum absolute atomic E-state index is 0.0117. The summed E-state index contributed by atoms with van der Waals surface area (Å²) in [5, 5.41) is 3.03. The van der Waals surface area contributed by atoms with Crippen LogP contribution in [0.25, 0.3) is 0 Å². The van der Waals surface area contributed by atoms with Crippen LogP contribution in [0.2, 0.25) is 0 Å². The van der Waals surface area contributed by atoms with Crippen LogP contribution >= 0.6 is 0 Å². The van der Waals surface area contributed by atoms with Crippen molar-refractivity contribution in [3.8, 4) is 0 Å². The Morgan fingerprint density at radius 2 is 2.33 bits per heavy atom. The van der Waals surface area contributed by atoms with E-state index in [0.717, 1.165) is 5.76 Å². The van der Waals surface area contributed by atoms with E-state index in [1.165, 1.54) is 0 Å². The van der Waals surface area contributed by atoms with Crippen LogP contribution < -0.4 is 5.32 Å². The maximum absolute atomic E-state index is 11.8. The fourth-order valence-electron chi connectivity index (χ4n) is 1.29. The monoisotopic (exact) mass is 219 g/mol. The van der Waals surface area contributed by atoms with Crippen molar-refractivity contribution in [2.24, 2.45) is 0 Å². The molecule has 86 valence electrons. The molecule has 0 fully saturated rings. The zero-order valence-electron chi connectivity index (χ0n) is 8.58. The van der Waals surface area contributed by atoms with Crippen LogP contribution in [0.5, 0.6) is 0 Å². The van der Waals surface area contributed by atoms with Crippen LogP contribution in [0.15, 0.2) is 22.8 Å². The van der Waals surface area contributed by atoms with E-state index in [1.807, 2.05) is 6.07 Å². The molecular formula is C10H15F2NO2. The highest BCUT2D eigenvalue weighted by Crippen LogP contribution is 2.16. The lowest BCUT2D eigenvalue weighted by atomic mass is 10.1. The van der Waals surface area contributed by atoms with Crippen molar-refractivity contribution >= 4 is 0 Å². The van der Waals surface area contributed by atoms with Gasteiger partial charge in [-0.15, -0.1) is 0 Å². The number of nitrogens with one attached hydrogen (secondary N) is 1. The molecule has 0 radical (unpaired) electrons. The van der Waals surface area contributed by atoms with Crippen molar-refractivity contribution in [1.29, 1.82) is 0 Å². The Morgan fingerprint density at radius 3 is 2.87 bits per heavy atom. The van der Waals surface area contributed by atoms with Gasteiger partial charge in [-0.25, -0.2) is 8.78 Å². The van der Waals surface area contributed by atoms with E-state index >= 15 is 0 Å². The number of hydrogen-bond acceptors (Lipinski definition) is 3. The Hall–Kier alpha value is -0.940. The molecule has 15 heavy (non-hydrogen) atoms. The lowest BCUT2D eigenvalue weighted by Gasteiger charge is -2.13. The average molecular weight is 219 g/mol. The van der Waals surface area contributed by atoms with Gasteiger partial charge in [0.05, 0.1) is 12.3 Å². The summed E-state index contributed by atoms with van der Waals surface area (Å²) in [7, 11) is 1.79. The van der Waals surface area contributed by atoms with Gasteiger partial charge in [0.1, 0.15) is 12.4 Å². The van der Waals surface area contributed by atoms with Crippen LogP contribution in [0.4, 0.5) is 8.78 Å². The molecular weight excluding hydrogens is 204 g/mol. The summed E-state index contributed by atoms with van der Waals surface area (Å²) in [6.45, 7) is -0.217. The number of ether oxygens (including phenoxy) is 1. The lowest BCUT2D eigenvalue weighted by molar-refractivity contribution is 0.0140. The first-order valence-corrected chi connectivity index (χ1v) is 4.80. The SMILES string of the molecule is CNC(CCOCC(F)F)c1ccco1. The van der Waals surface area contributed by atoms with Crippen molar-refractivity contribution in [3.63, 3.8) is 0 Å². The Labute approximate surface area is 87.4 Å². The zero-order chi connectivity index (χ0) is 11.1. The third kappa shape index (κ3) is 4.40. The van der Waals surface area contributed by atoms with Gasteiger partial charge in [-0.1, -0.05) is 0 Å². The van der Waals surface area contributed by atoms with E-state index in [2.05, 4.69) is 5.32 Å². The van der Waals surface area contributed by atoms with Gasteiger partial charge in [-0.2, -0.15) is 0 Å². The number of rotatable bonds is 7. The highest BCUT2D eigenvalue weighted by Gasteiger charge is 2.12. The smallest absolute Gasteiger partial charge is 0.261 e. The van der Waals surface area contributed by atoms with Gasteiger partial charge in [-0.05, 0) is 25.6 Å². The molecule has 1 atom stereocenters. The number of hydrogen-bond donors (Lipinski definition) is 1. The first kappa shape index (κ1) is 12.1. The summed E-state index contributed by atoms with van der Waals surface area (Å²) in [5.41, 5.74) is 0. The van der Waals surface area contributed by atoms with E-state index in [-0.39, 0.29) is 12.6 Å². The molecule has 5 heteroatoms. The summed E-state index contributed by atoms with van der Waals surface area (Å²) >= 11 is 0. The van der Waals surface area contributed by atoms with Gasteiger partial charge in [-0.3, -0.25) is 0 Å². The highest BCUT2D eigenvalue weighted by molar-refractivity contribution is 5.03. The second-order valence-corrected chi connectivity index (χ2v) is 3.11. The number of alkyl halides is 2. The summed E-state index contributed by atoms with van der Waals surface area (Å²) in [6.07, 6.45) is -0.210. The Morgan fingerprint density at radius 1 is 1.53 bits per heavy atom. The standard InChI is InChI=1S/C10H15F2NO2/c1-13-8(9-3-2-5-15-9)4-6-14-7-10(11)12/h2-3,5,8,10,13H,4,6-7H2,1H3. The van der Waals surface area contributed by atoms with Crippen molar-refractivity contribution in [2.45, 2.75) is 18.9 Å². The first-order chi connectivity index (χ1) is 7.24. The summed E-state index contributed by atoms with van der Waals surface area (Å²) < 4.78 is 33.5. The van der Waals surface area contributed by atoms with Crippen LogP contribution in [0, 0.1) is 0 Å². The van der Waals surface area contributed by atoms with Crippen molar-refractivity contribution in [3.05, 3.63) is 24.2 Å². The van der Waals surface area contributed by atoms with Crippen molar-refractivity contribution in [1.82, 2.24) is 5.32 Å².